The van der Waals surface area contributed by atoms with Crippen LogP contribution < -0.4 is 4.74 Å². The molecule has 0 spiro atoms. The summed E-state index contributed by atoms with van der Waals surface area (Å²) in [4.78, 5) is 14.2. The van der Waals surface area contributed by atoms with Gasteiger partial charge in [0.25, 0.3) is 5.91 Å². The van der Waals surface area contributed by atoms with Crippen molar-refractivity contribution in [2.24, 2.45) is 0 Å². The molecule has 1 aliphatic rings. The zero-order valence-electron chi connectivity index (χ0n) is 11.9. The van der Waals surface area contributed by atoms with Crippen molar-refractivity contribution in [3.05, 3.63) is 42.1 Å². The molecule has 3 rings (SSSR count). The third kappa shape index (κ3) is 2.75. The number of rotatable bonds is 3. The highest BCUT2D eigenvalue weighted by Crippen LogP contribution is 2.20. The quantitative estimate of drug-likeness (QED) is 0.855. The number of carbonyl (C=O) groups is 1. The van der Waals surface area contributed by atoms with Crippen molar-refractivity contribution < 1.29 is 14.3 Å². The number of hydrogen-bond acceptors (Lipinski definition) is 4. The van der Waals surface area contributed by atoms with Crippen LogP contribution in [0.4, 0.5) is 0 Å². The zero-order valence-corrected chi connectivity index (χ0v) is 11.9. The van der Waals surface area contributed by atoms with Gasteiger partial charge in [0.1, 0.15) is 0 Å². The number of hydrogen-bond donors (Lipinski definition) is 0. The van der Waals surface area contributed by atoms with E-state index in [1.54, 1.807) is 22.8 Å². The Morgan fingerprint density at radius 1 is 1.24 bits per heavy atom. The molecule has 0 aliphatic carbocycles. The van der Waals surface area contributed by atoms with Crippen LogP contribution in [0.1, 0.15) is 10.5 Å². The van der Waals surface area contributed by atoms with E-state index < -0.39 is 0 Å². The van der Waals surface area contributed by atoms with Gasteiger partial charge in [0.15, 0.2) is 5.69 Å². The lowest BCUT2D eigenvalue weighted by atomic mass is 10.3. The molecule has 1 aromatic heterocycles. The van der Waals surface area contributed by atoms with Crippen molar-refractivity contribution in [3.63, 3.8) is 0 Å². The van der Waals surface area contributed by atoms with E-state index in [-0.39, 0.29) is 5.91 Å². The van der Waals surface area contributed by atoms with Gasteiger partial charge in [-0.1, -0.05) is 18.2 Å². The third-order valence-corrected chi connectivity index (χ3v) is 3.40. The van der Waals surface area contributed by atoms with Crippen LogP contribution in [0.15, 0.2) is 36.4 Å². The molecule has 1 aliphatic heterocycles. The maximum atomic E-state index is 12.5. The highest BCUT2D eigenvalue weighted by Gasteiger charge is 2.23. The Bertz CT molecular complexity index is 618. The summed E-state index contributed by atoms with van der Waals surface area (Å²) in [6, 6.07) is 11.3. The largest absolute Gasteiger partial charge is 0.481 e. The summed E-state index contributed by atoms with van der Waals surface area (Å²) in [6.07, 6.45) is 0. The van der Waals surface area contributed by atoms with Crippen LogP contribution in [0.25, 0.3) is 5.69 Å². The minimum absolute atomic E-state index is 0.0914. The second-order valence-electron chi connectivity index (χ2n) is 4.72. The van der Waals surface area contributed by atoms with Crippen molar-refractivity contribution in [2.45, 2.75) is 0 Å². The smallest absolute Gasteiger partial charge is 0.274 e. The minimum atomic E-state index is -0.0914. The summed E-state index contributed by atoms with van der Waals surface area (Å²) >= 11 is 0. The van der Waals surface area contributed by atoms with Gasteiger partial charge in [-0.05, 0) is 12.1 Å². The monoisotopic (exact) mass is 287 g/mol. The van der Waals surface area contributed by atoms with Crippen molar-refractivity contribution >= 4 is 5.91 Å². The summed E-state index contributed by atoms with van der Waals surface area (Å²) in [5.41, 5.74) is 1.24. The van der Waals surface area contributed by atoms with Crippen LogP contribution in [0, 0.1) is 0 Å². The van der Waals surface area contributed by atoms with Crippen LogP contribution in [-0.2, 0) is 4.74 Å². The molecule has 1 aromatic carbocycles. The van der Waals surface area contributed by atoms with Crippen molar-refractivity contribution in [2.75, 3.05) is 33.4 Å². The number of aromatic nitrogens is 2. The Morgan fingerprint density at radius 2 is 1.95 bits per heavy atom. The normalized spacial score (nSPS) is 15.0. The lowest BCUT2D eigenvalue weighted by Gasteiger charge is -2.25. The number of nitrogens with zero attached hydrogens (tertiary/aromatic N) is 3. The van der Waals surface area contributed by atoms with E-state index in [1.165, 1.54) is 0 Å². The molecule has 0 N–H and O–H groups in total. The van der Waals surface area contributed by atoms with E-state index in [0.29, 0.717) is 37.9 Å². The first-order chi connectivity index (χ1) is 10.3. The maximum absolute atomic E-state index is 12.5. The lowest BCUT2D eigenvalue weighted by Crippen LogP contribution is -2.40. The lowest BCUT2D eigenvalue weighted by molar-refractivity contribution is 0.0298. The predicted octanol–water partition coefficient (Wildman–Crippen LogP) is 1.35. The molecule has 6 heteroatoms. The van der Waals surface area contributed by atoms with Crippen LogP contribution >= 0.6 is 0 Å². The van der Waals surface area contributed by atoms with Gasteiger partial charge in [-0.15, -0.1) is 0 Å². The average molecular weight is 287 g/mol. The van der Waals surface area contributed by atoms with Gasteiger partial charge in [0, 0.05) is 19.2 Å². The second-order valence-corrected chi connectivity index (χ2v) is 4.72. The minimum Gasteiger partial charge on any atom is -0.481 e. The number of carbonyl (C=O) groups excluding carboxylic acids is 1. The molecule has 0 atom stereocenters. The zero-order chi connectivity index (χ0) is 14.7. The van der Waals surface area contributed by atoms with Crippen molar-refractivity contribution in [1.82, 2.24) is 14.7 Å². The van der Waals surface area contributed by atoms with Gasteiger partial charge in [0.05, 0.1) is 26.0 Å². The number of morpholine rings is 1. The fourth-order valence-electron chi connectivity index (χ4n) is 2.30. The molecule has 0 radical (unpaired) electrons. The number of ether oxygens (including phenoxy) is 2. The maximum Gasteiger partial charge on any atom is 0.274 e. The Labute approximate surface area is 122 Å². The summed E-state index contributed by atoms with van der Waals surface area (Å²) < 4.78 is 12.2. The number of amides is 1. The molecule has 2 aromatic rings. The summed E-state index contributed by atoms with van der Waals surface area (Å²) in [5, 5.41) is 4.39. The Morgan fingerprint density at radius 3 is 2.62 bits per heavy atom. The molecule has 1 amide bonds. The van der Waals surface area contributed by atoms with Gasteiger partial charge < -0.3 is 14.4 Å². The first-order valence-electron chi connectivity index (χ1n) is 6.86. The highest BCUT2D eigenvalue weighted by molar-refractivity contribution is 5.92. The summed E-state index contributed by atoms with van der Waals surface area (Å²) in [5.74, 6) is 0.448. The van der Waals surface area contributed by atoms with Crippen molar-refractivity contribution in [3.8, 4) is 11.6 Å². The van der Waals surface area contributed by atoms with Crippen LogP contribution in [-0.4, -0.2) is 54.0 Å². The highest BCUT2D eigenvalue weighted by atomic mass is 16.5. The fourth-order valence-corrected chi connectivity index (χ4v) is 2.30. The first-order valence-corrected chi connectivity index (χ1v) is 6.86. The van der Waals surface area contributed by atoms with E-state index in [4.69, 9.17) is 9.47 Å². The van der Waals surface area contributed by atoms with E-state index in [0.717, 1.165) is 5.69 Å². The fraction of sp³-hybridized carbons (Fsp3) is 0.333. The van der Waals surface area contributed by atoms with Gasteiger partial charge >= 0.3 is 0 Å². The van der Waals surface area contributed by atoms with Crippen LogP contribution in [0.2, 0.25) is 0 Å². The average Bonchev–Trinajstić information content (AvgIpc) is 3.00. The molecule has 1 saturated heterocycles. The predicted molar refractivity (Wildman–Crippen MR) is 76.8 cm³/mol. The molecule has 1 fully saturated rings. The molecule has 2 heterocycles. The molecule has 0 bridgehead atoms. The molecule has 0 unspecified atom stereocenters. The third-order valence-electron chi connectivity index (χ3n) is 3.40. The molecular weight excluding hydrogens is 270 g/mol. The summed E-state index contributed by atoms with van der Waals surface area (Å²) in [7, 11) is 1.57. The van der Waals surface area contributed by atoms with Gasteiger partial charge in [-0.2, -0.15) is 5.10 Å². The Kier molecular flexibility index (Phi) is 3.87. The topological polar surface area (TPSA) is 56.6 Å². The summed E-state index contributed by atoms with van der Waals surface area (Å²) in [6.45, 7) is 2.34. The molecule has 0 saturated carbocycles. The van der Waals surface area contributed by atoms with Gasteiger partial charge in [0.2, 0.25) is 5.88 Å². The molecule has 110 valence electrons. The first kappa shape index (κ1) is 13.6. The van der Waals surface area contributed by atoms with Crippen LogP contribution in [0.5, 0.6) is 5.88 Å². The Balaban J connectivity index is 1.90. The van der Waals surface area contributed by atoms with Gasteiger partial charge in [-0.25, -0.2) is 4.68 Å². The number of para-hydroxylation sites is 1. The molecule has 21 heavy (non-hydrogen) atoms. The molecule has 6 nitrogen and oxygen atoms in total. The molecular formula is C15H17N3O3. The van der Waals surface area contributed by atoms with E-state index in [1.807, 2.05) is 30.3 Å². The Hall–Kier alpha value is -2.34. The van der Waals surface area contributed by atoms with Crippen LogP contribution in [0.3, 0.4) is 0 Å². The van der Waals surface area contributed by atoms with E-state index in [9.17, 15) is 4.79 Å². The van der Waals surface area contributed by atoms with Gasteiger partial charge in [-0.3, -0.25) is 4.79 Å². The van der Waals surface area contributed by atoms with E-state index >= 15 is 0 Å². The van der Waals surface area contributed by atoms with Crippen molar-refractivity contribution in [1.29, 1.82) is 0 Å². The van der Waals surface area contributed by atoms with E-state index in [2.05, 4.69) is 5.10 Å². The standard InChI is InChI=1S/C15H17N3O3/c1-20-14-11-13(15(19)17-7-9-21-10-8-17)16-18(14)12-5-3-2-4-6-12/h2-6,11H,7-10H2,1H3. The number of benzene rings is 1. The second kappa shape index (κ2) is 5.97. The number of methoxy groups -OCH3 is 1. The SMILES string of the molecule is COc1cc(C(=O)N2CCOCC2)nn1-c1ccccc1.